The molecule has 0 N–H and O–H groups in total. The topological polar surface area (TPSA) is 73.7 Å². The number of hydrogen-bond donors (Lipinski definition) is 0. The molecule has 2 aliphatic rings. The van der Waals surface area contributed by atoms with E-state index >= 15 is 0 Å². The summed E-state index contributed by atoms with van der Waals surface area (Å²) < 4.78 is 40.5. The van der Waals surface area contributed by atoms with Gasteiger partial charge in [-0.15, -0.1) is 0 Å². The Morgan fingerprint density at radius 1 is 1.07 bits per heavy atom. The number of fused-ring (bicyclic) bond motifs is 1. The summed E-state index contributed by atoms with van der Waals surface area (Å²) in [6.07, 6.45) is 3.02. The van der Waals surface area contributed by atoms with Crippen molar-refractivity contribution in [1.29, 1.82) is 0 Å². The third-order valence-electron chi connectivity index (χ3n) is 5.61. The Morgan fingerprint density at radius 2 is 1.70 bits per heavy atom. The number of sulfonamides is 1. The molecule has 0 saturated carbocycles. The predicted octanol–water partition coefficient (Wildman–Crippen LogP) is 2.38. The van der Waals surface area contributed by atoms with Gasteiger partial charge < -0.3 is 14.0 Å². The number of imidazole rings is 1. The number of aryl methyl sites for hydroxylation is 2. The number of aromatic nitrogens is 2. The predicted molar refractivity (Wildman–Crippen MR) is 101 cm³/mol. The molecule has 8 heteroatoms. The molecule has 146 valence electrons. The maximum absolute atomic E-state index is 13.0. The Morgan fingerprint density at radius 3 is 2.30 bits per heavy atom. The second-order valence-electron chi connectivity index (χ2n) is 7.23. The highest BCUT2D eigenvalue weighted by Gasteiger charge is 2.33. The van der Waals surface area contributed by atoms with Gasteiger partial charge in [0, 0.05) is 20.1 Å². The Kier molecular flexibility index (Phi) is 4.63. The van der Waals surface area contributed by atoms with Gasteiger partial charge in [-0.05, 0) is 55.9 Å². The second-order valence-corrected chi connectivity index (χ2v) is 9.12. The SMILES string of the molecule is Cc1cc2c(cc1C1CCN(S(=O)(=O)c3cnc(C)n3C)CC1)OCCO2. The quantitative estimate of drug-likeness (QED) is 0.803. The van der Waals surface area contributed by atoms with E-state index in [1.807, 2.05) is 6.07 Å². The molecule has 0 unspecified atom stereocenters. The fourth-order valence-electron chi connectivity index (χ4n) is 3.91. The molecule has 2 aliphatic heterocycles. The Bertz CT molecular complexity index is 960. The molecule has 0 amide bonds. The maximum Gasteiger partial charge on any atom is 0.260 e. The van der Waals surface area contributed by atoms with Gasteiger partial charge in [-0.3, -0.25) is 0 Å². The van der Waals surface area contributed by atoms with Crippen molar-refractivity contribution < 1.29 is 17.9 Å². The van der Waals surface area contributed by atoms with Crippen LogP contribution in [0.5, 0.6) is 11.5 Å². The summed E-state index contributed by atoms with van der Waals surface area (Å²) in [7, 11) is -1.78. The Hall–Kier alpha value is -2.06. The van der Waals surface area contributed by atoms with Crippen LogP contribution in [0.2, 0.25) is 0 Å². The molecule has 0 bridgehead atoms. The van der Waals surface area contributed by atoms with Crippen LogP contribution in [0.4, 0.5) is 0 Å². The summed E-state index contributed by atoms with van der Waals surface area (Å²) in [6.45, 7) is 6.03. The molecule has 27 heavy (non-hydrogen) atoms. The number of nitrogens with zero attached hydrogens (tertiary/aromatic N) is 3. The Labute approximate surface area is 160 Å². The Balaban J connectivity index is 1.52. The second kappa shape index (κ2) is 6.83. The number of piperidine rings is 1. The highest BCUT2D eigenvalue weighted by molar-refractivity contribution is 7.89. The zero-order chi connectivity index (χ0) is 19.2. The summed E-state index contributed by atoms with van der Waals surface area (Å²) in [4.78, 5) is 4.12. The van der Waals surface area contributed by atoms with Crippen LogP contribution in [-0.2, 0) is 17.1 Å². The zero-order valence-electron chi connectivity index (χ0n) is 15.9. The van der Waals surface area contributed by atoms with E-state index in [1.54, 1.807) is 22.8 Å². The lowest BCUT2D eigenvalue weighted by Crippen LogP contribution is -2.38. The number of benzene rings is 1. The summed E-state index contributed by atoms with van der Waals surface area (Å²) in [5.74, 6) is 2.60. The van der Waals surface area contributed by atoms with Crippen LogP contribution >= 0.6 is 0 Å². The normalized spacial score (nSPS) is 18.6. The minimum absolute atomic E-state index is 0.258. The first-order valence-electron chi connectivity index (χ1n) is 9.26. The summed E-state index contributed by atoms with van der Waals surface area (Å²) in [5, 5.41) is 0.258. The number of hydrogen-bond acceptors (Lipinski definition) is 5. The van der Waals surface area contributed by atoms with Gasteiger partial charge in [0.2, 0.25) is 0 Å². The summed E-state index contributed by atoms with van der Waals surface area (Å²) >= 11 is 0. The van der Waals surface area contributed by atoms with Crippen LogP contribution in [0.1, 0.15) is 35.7 Å². The lowest BCUT2D eigenvalue weighted by Gasteiger charge is -2.32. The van der Waals surface area contributed by atoms with Crippen molar-refractivity contribution >= 4 is 10.0 Å². The van der Waals surface area contributed by atoms with Crippen LogP contribution in [0.3, 0.4) is 0 Å². The van der Waals surface area contributed by atoms with E-state index in [1.165, 1.54) is 17.3 Å². The maximum atomic E-state index is 13.0. The third kappa shape index (κ3) is 3.21. The van der Waals surface area contributed by atoms with E-state index < -0.39 is 10.0 Å². The molecule has 1 aromatic heterocycles. The fourth-order valence-corrected chi connectivity index (χ4v) is 5.53. The van der Waals surface area contributed by atoms with Crippen LogP contribution in [0.15, 0.2) is 23.4 Å². The molecule has 0 spiro atoms. The highest BCUT2D eigenvalue weighted by Crippen LogP contribution is 2.39. The van der Waals surface area contributed by atoms with Gasteiger partial charge in [0.15, 0.2) is 16.5 Å². The molecule has 0 radical (unpaired) electrons. The molecule has 4 rings (SSSR count). The fraction of sp³-hybridized carbons (Fsp3) is 0.526. The third-order valence-corrected chi connectivity index (χ3v) is 7.56. The van der Waals surface area contributed by atoms with E-state index in [4.69, 9.17) is 9.47 Å². The van der Waals surface area contributed by atoms with Gasteiger partial charge in [0.1, 0.15) is 19.0 Å². The van der Waals surface area contributed by atoms with Gasteiger partial charge in [-0.2, -0.15) is 4.31 Å². The van der Waals surface area contributed by atoms with Crippen LogP contribution in [-0.4, -0.2) is 48.6 Å². The van der Waals surface area contributed by atoms with Gasteiger partial charge in [0.05, 0.1) is 6.20 Å². The smallest absolute Gasteiger partial charge is 0.260 e. The minimum Gasteiger partial charge on any atom is -0.486 e. The van der Waals surface area contributed by atoms with E-state index in [0.29, 0.717) is 38.0 Å². The van der Waals surface area contributed by atoms with Gasteiger partial charge in [0.25, 0.3) is 10.0 Å². The van der Waals surface area contributed by atoms with Crippen molar-refractivity contribution in [2.45, 2.75) is 37.6 Å². The molecule has 2 aromatic rings. The van der Waals surface area contributed by atoms with Crippen LogP contribution < -0.4 is 9.47 Å². The molecule has 3 heterocycles. The zero-order valence-corrected chi connectivity index (χ0v) is 16.8. The molecule has 0 aliphatic carbocycles. The largest absolute Gasteiger partial charge is 0.486 e. The summed E-state index contributed by atoms with van der Waals surface area (Å²) in [6, 6.07) is 4.11. The standard InChI is InChI=1S/C19H25N3O4S/c1-13-10-17-18(26-9-8-25-17)11-16(13)15-4-6-22(7-5-15)27(23,24)19-12-20-14(2)21(19)3/h10-12,15H,4-9H2,1-3H3. The first kappa shape index (κ1) is 18.3. The molecule has 1 saturated heterocycles. The average Bonchev–Trinajstić information content (AvgIpc) is 3.01. The first-order chi connectivity index (χ1) is 12.9. The van der Waals surface area contributed by atoms with Crippen molar-refractivity contribution in [1.82, 2.24) is 13.9 Å². The molecule has 1 aromatic carbocycles. The van der Waals surface area contributed by atoms with Gasteiger partial charge in [-0.1, -0.05) is 0 Å². The van der Waals surface area contributed by atoms with Crippen molar-refractivity contribution in [3.63, 3.8) is 0 Å². The molecular formula is C19H25N3O4S. The molecule has 0 atom stereocenters. The van der Waals surface area contributed by atoms with Crippen molar-refractivity contribution in [3.8, 4) is 11.5 Å². The lowest BCUT2D eigenvalue weighted by molar-refractivity contribution is 0.171. The number of rotatable bonds is 3. The van der Waals surface area contributed by atoms with Crippen molar-refractivity contribution in [3.05, 3.63) is 35.3 Å². The van der Waals surface area contributed by atoms with Gasteiger partial charge >= 0.3 is 0 Å². The highest BCUT2D eigenvalue weighted by atomic mass is 32.2. The molecule has 1 fully saturated rings. The average molecular weight is 391 g/mol. The van der Waals surface area contributed by atoms with Crippen LogP contribution in [0, 0.1) is 13.8 Å². The van der Waals surface area contributed by atoms with E-state index in [-0.39, 0.29) is 5.03 Å². The molecular weight excluding hydrogens is 366 g/mol. The van der Waals surface area contributed by atoms with E-state index in [9.17, 15) is 8.42 Å². The van der Waals surface area contributed by atoms with Crippen LogP contribution in [0.25, 0.3) is 0 Å². The first-order valence-corrected chi connectivity index (χ1v) is 10.7. The number of ether oxygens (including phenoxy) is 2. The van der Waals surface area contributed by atoms with Crippen molar-refractivity contribution in [2.24, 2.45) is 7.05 Å². The lowest BCUT2D eigenvalue weighted by atomic mass is 9.87. The minimum atomic E-state index is -3.51. The van der Waals surface area contributed by atoms with Crippen molar-refractivity contribution in [2.75, 3.05) is 26.3 Å². The summed E-state index contributed by atoms with van der Waals surface area (Å²) in [5.41, 5.74) is 2.40. The monoisotopic (exact) mass is 391 g/mol. The van der Waals surface area contributed by atoms with E-state index in [2.05, 4.69) is 18.0 Å². The molecule has 7 nitrogen and oxygen atoms in total. The van der Waals surface area contributed by atoms with Gasteiger partial charge in [-0.25, -0.2) is 13.4 Å². The van der Waals surface area contributed by atoms with E-state index in [0.717, 1.165) is 24.3 Å².